The van der Waals surface area contributed by atoms with Crippen LogP contribution in [0.1, 0.15) is 76.7 Å². The number of fused-ring (bicyclic) bond motifs is 1. The molecule has 1 amide bonds. The molecule has 3 N–H and O–H groups in total. The van der Waals surface area contributed by atoms with Crippen molar-refractivity contribution >= 4 is 17.2 Å². The van der Waals surface area contributed by atoms with E-state index >= 15 is 0 Å². The van der Waals surface area contributed by atoms with Crippen LogP contribution in [0.5, 0.6) is 5.75 Å². The summed E-state index contributed by atoms with van der Waals surface area (Å²) in [5.41, 5.74) is 5.59. The number of hydrogen-bond acceptors (Lipinski definition) is 2. The van der Waals surface area contributed by atoms with Crippen molar-refractivity contribution in [2.45, 2.75) is 77.6 Å². The molecule has 144 valence electrons. The highest BCUT2D eigenvalue weighted by Gasteiger charge is 1.99. The minimum absolute atomic E-state index is 0.250. The molecule has 0 fully saturated rings. The standard InChI is InChI=1S/C22H32O.CH3NO/c1-2-3-4-5-6-7-8-9-10-11-12-19-13-14-21-18-22(23)16-15-20(21)17-19;2-1-3/h13-18,23H,2-12H2,1H3;1H,(H2,2,3). The summed E-state index contributed by atoms with van der Waals surface area (Å²) in [6, 6.07) is 12.2. The third-order valence-corrected chi connectivity index (χ3v) is 4.71. The van der Waals surface area contributed by atoms with Crippen LogP contribution >= 0.6 is 0 Å². The number of benzene rings is 2. The first-order valence-electron chi connectivity index (χ1n) is 10.1. The molecule has 0 spiro atoms. The SMILES string of the molecule is CCCCCCCCCCCCc1ccc2cc(O)ccc2c1.NC=O. The Morgan fingerprint density at radius 2 is 1.31 bits per heavy atom. The van der Waals surface area contributed by atoms with Crippen molar-refractivity contribution in [2.24, 2.45) is 5.73 Å². The average Bonchev–Trinajstić information content (AvgIpc) is 2.64. The van der Waals surface area contributed by atoms with Gasteiger partial charge in [-0.25, -0.2) is 0 Å². The molecule has 0 unspecified atom stereocenters. The van der Waals surface area contributed by atoms with Gasteiger partial charge >= 0.3 is 0 Å². The predicted molar refractivity (Wildman–Crippen MR) is 111 cm³/mol. The lowest BCUT2D eigenvalue weighted by Crippen LogP contribution is -1.87. The normalized spacial score (nSPS) is 10.3. The van der Waals surface area contributed by atoms with Gasteiger partial charge in [0.2, 0.25) is 6.41 Å². The van der Waals surface area contributed by atoms with Gasteiger partial charge in [0.25, 0.3) is 0 Å². The second kappa shape index (κ2) is 14.2. The van der Waals surface area contributed by atoms with Gasteiger partial charge in [-0.3, -0.25) is 4.79 Å². The quantitative estimate of drug-likeness (QED) is 0.376. The number of nitrogens with two attached hydrogens (primary N) is 1. The van der Waals surface area contributed by atoms with E-state index in [2.05, 4.69) is 30.9 Å². The lowest BCUT2D eigenvalue weighted by atomic mass is 10.0. The number of carbonyl (C=O) groups excluding carboxylic acids is 1. The molecule has 0 aromatic heterocycles. The number of aromatic hydroxyl groups is 1. The van der Waals surface area contributed by atoms with Crippen LogP contribution in [0.4, 0.5) is 0 Å². The fraction of sp³-hybridized carbons (Fsp3) is 0.522. The number of amides is 1. The molecule has 0 aliphatic rings. The van der Waals surface area contributed by atoms with Gasteiger partial charge in [-0.2, -0.15) is 0 Å². The Labute approximate surface area is 158 Å². The summed E-state index contributed by atoms with van der Waals surface area (Å²) in [5, 5.41) is 11.9. The molecule has 0 aliphatic heterocycles. The highest BCUT2D eigenvalue weighted by molar-refractivity contribution is 5.84. The van der Waals surface area contributed by atoms with E-state index in [1.807, 2.05) is 12.1 Å². The van der Waals surface area contributed by atoms with Crippen molar-refractivity contribution in [3.8, 4) is 5.75 Å². The molecule has 0 saturated heterocycles. The van der Waals surface area contributed by atoms with E-state index in [1.165, 1.54) is 81.6 Å². The molecule has 0 atom stereocenters. The van der Waals surface area contributed by atoms with Gasteiger partial charge in [-0.05, 0) is 41.3 Å². The summed E-state index contributed by atoms with van der Waals surface area (Å²) < 4.78 is 0. The van der Waals surface area contributed by atoms with E-state index in [9.17, 15) is 5.11 Å². The Kier molecular flexibility index (Phi) is 12.0. The number of hydrogen-bond donors (Lipinski definition) is 2. The number of aryl methyl sites for hydroxylation is 1. The van der Waals surface area contributed by atoms with Crippen molar-refractivity contribution in [3.63, 3.8) is 0 Å². The molecule has 3 nitrogen and oxygen atoms in total. The first kappa shape index (κ1) is 22.0. The Balaban J connectivity index is 0.00000105. The molecule has 0 bridgehead atoms. The molecule has 0 heterocycles. The van der Waals surface area contributed by atoms with Gasteiger partial charge in [0.15, 0.2) is 0 Å². The zero-order valence-corrected chi connectivity index (χ0v) is 16.3. The van der Waals surface area contributed by atoms with E-state index < -0.39 is 0 Å². The Morgan fingerprint density at radius 1 is 0.808 bits per heavy atom. The molecule has 0 saturated carbocycles. The van der Waals surface area contributed by atoms with E-state index in [0.717, 1.165) is 5.39 Å². The van der Waals surface area contributed by atoms with E-state index in [1.54, 1.807) is 6.07 Å². The van der Waals surface area contributed by atoms with Crippen molar-refractivity contribution in [2.75, 3.05) is 0 Å². The predicted octanol–water partition coefficient (Wildman–Crippen LogP) is 6.11. The number of primary amides is 1. The van der Waals surface area contributed by atoms with Crippen LogP contribution in [0.25, 0.3) is 10.8 Å². The molecule has 0 aliphatic carbocycles. The van der Waals surface area contributed by atoms with Crippen molar-refractivity contribution in [3.05, 3.63) is 42.0 Å². The highest BCUT2D eigenvalue weighted by Crippen LogP contribution is 2.22. The summed E-state index contributed by atoms with van der Waals surface area (Å²) in [7, 11) is 0. The van der Waals surface area contributed by atoms with Crippen molar-refractivity contribution in [1.82, 2.24) is 0 Å². The molecule has 0 radical (unpaired) electrons. The maximum Gasteiger partial charge on any atom is 0.204 e. The van der Waals surface area contributed by atoms with Gasteiger partial charge in [-0.15, -0.1) is 0 Å². The van der Waals surface area contributed by atoms with Crippen LogP contribution in [-0.2, 0) is 11.2 Å². The topological polar surface area (TPSA) is 63.3 Å². The van der Waals surface area contributed by atoms with Crippen LogP contribution in [0.2, 0.25) is 0 Å². The van der Waals surface area contributed by atoms with Gasteiger partial charge in [0.05, 0.1) is 0 Å². The van der Waals surface area contributed by atoms with E-state index in [-0.39, 0.29) is 6.41 Å². The average molecular weight is 358 g/mol. The molecular weight excluding hydrogens is 322 g/mol. The summed E-state index contributed by atoms with van der Waals surface area (Å²) in [5.74, 6) is 0.347. The van der Waals surface area contributed by atoms with Crippen LogP contribution < -0.4 is 5.73 Å². The van der Waals surface area contributed by atoms with Gasteiger partial charge in [0.1, 0.15) is 5.75 Å². The van der Waals surface area contributed by atoms with Gasteiger partial charge < -0.3 is 10.8 Å². The van der Waals surface area contributed by atoms with Gasteiger partial charge in [0, 0.05) is 0 Å². The molecule has 2 aromatic rings. The second-order valence-corrected chi connectivity index (χ2v) is 6.93. The maximum atomic E-state index is 9.50. The fourth-order valence-electron chi connectivity index (χ4n) is 3.25. The molecule has 2 rings (SSSR count). The fourth-order valence-corrected chi connectivity index (χ4v) is 3.25. The van der Waals surface area contributed by atoms with Gasteiger partial charge in [-0.1, -0.05) is 89.0 Å². The number of carbonyl (C=O) groups is 1. The molecule has 3 heteroatoms. The van der Waals surface area contributed by atoms with Crippen LogP contribution in [0.3, 0.4) is 0 Å². The summed E-state index contributed by atoms with van der Waals surface area (Å²) in [6.07, 6.45) is 15.3. The smallest absolute Gasteiger partial charge is 0.204 e. The third-order valence-electron chi connectivity index (χ3n) is 4.71. The maximum absolute atomic E-state index is 9.50. The summed E-state index contributed by atoms with van der Waals surface area (Å²) >= 11 is 0. The lowest BCUT2D eigenvalue weighted by Gasteiger charge is -2.05. The number of unbranched alkanes of at least 4 members (excludes halogenated alkanes) is 9. The number of rotatable bonds is 11. The first-order chi connectivity index (χ1) is 12.7. The number of phenolic OH excluding ortho intramolecular Hbond substituents is 1. The third kappa shape index (κ3) is 9.45. The van der Waals surface area contributed by atoms with Crippen LogP contribution in [0.15, 0.2) is 36.4 Å². The Morgan fingerprint density at radius 3 is 1.92 bits per heavy atom. The monoisotopic (exact) mass is 357 g/mol. The van der Waals surface area contributed by atoms with E-state index in [4.69, 9.17) is 4.79 Å². The number of phenols is 1. The zero-order chi connectivity index (χ0) is 19.0. The second-order valence-electron chi connectivity index (χ2n) is 6.93. The van der Waals surface area contributed by atoms with Crippen molar-refractivity contribution < 1.29 is 9.90 Å². The Hall–Kier alpha value is -2.03. The largest absolute Gasteiger partial charge is 0.508 e. The molecule has 2 aromatic carbocycles. The van der Waals surface area contributed by atoms with Crippen LogP contribution in [-0.4, -0.2) is 11.5 Å². The summed E-state index contributed by atoms with van der Waals surface area (Å²) in [4.78, 5) is 8.58. The van der Waals surface area contributed by atoms with Crippen molar-refractivity contribution in [1.29, 1.82) is 0 Å². The van der Waals surface area contributed by atoms with Crippen LogP contribution in [0, 0.1) is 0 Å². The molecule has 26 heavy (non-hydrogen) atoms. The van der Waals surface area contributed by atoms with E-state index in [0.29, 0.717) is 5.75 Å². The first-order valence-corrected chi connectivity index (χ1v) is 10.1. The lowest BCUT2D eigenvalue weighted by molar-refractivity contribution is -0.106. The minimum Gasteiger partial charge on any atom is -0.508 e. The summed E-state index contributed by atoms with van der Waals surface area (Å²) in [6.45, 7) is 2.28. The highest BCUT2D eigenvalue weighted by atomic mass is 16.3. The Bertz CT molecular complexity index is 625. The molecular formula is C23H35NO2. The minimum atomic E-state index is 0.250. The zero-order valence-electron chi connectivity index (χ0n) is 16.3.